The number of hydrogen-bond acceptors (Lipinski definition) is 3. The van der Waals surface area contributed by atoms with E-state index in [9.17, 15) is 0 Å². The zero-order valence-electron chi connectivity index (χ0n) is 8.81. The lowest BCUT2D eigenvalue weighted by Crippen LogP contribution is -2.21. The molecule has 0 saturated carbocycles. The highest BCUT2D eigenvalue weighted by molar-refractivity contribution is 4.60. The van der Waals surface area contributed by atoms with Gasteiger partial charge in [0, 0.05) is 0 Å². The number of nitrogens with one attached hydrogen (secondary N) is 2. The maximum absolute atomic E-state index is 5.37. The first-order chi connectivity index (χ1) is 6.41. The fraction of sp³-hybridized carbons (Fsp3) is 0.900. The summed E-state index contributed by atoms with van der Waals surface area (Å²) in [5, 5.41) is 6.70. The molecule has 13 heavy (non-hydrogen) atoms. The van der Waals surface area contributed by atoms with Crippen LogP contribution in [-0.2, 0) is 0 Å². The molecule has 0 spiro atoms. The minimum atomic E-state index is 0.793. The zero-order valence-corrected chi connectivity index (χ0v) is 8.81. The molecule has 0 fully saturated rings. The molecule has 0 bridgehead atoms. The Morgan fingerprint density at radius 1 is 1.00 bits per heavy atom. The van der Waals surface area contributed by atoms with Crippen molar-refractivity contribution in [3.63, 3.8) is 0 Å². The molecule has 0 atom stereocenters. The predicted molar refractivity (Wildman–Crippen MR) is 58.6 cm³/mol. The molecule has 0 heterocycles. The van der Waals surface area contributed by atoms with Gasteiger partial charge in [0.1, 0.15) is 0 Å². The van der Waals surface area contributed by atoms with Crippen molar-refractivity contribution in [3.8, 4) is 0 Å². The summed E-state index contributed by atoms with van der Waals surface area (Å²) in [7, 11) is 0. The molecule has 0 aliphatic carbocycles. The second-order valence-electron chi connectivity index (χ2n) is 3.21. The Morgan fingerprint density at radius 3 is 2.23 bits per heavy atom. The van der Waals surface area contributed by atoms with Crippen LogP contribution < -0.4 is 16.4 Å². The maximum atomic E-state index is 5.37. The van der Waals surface area contributed by atoms with Crippen LogP contribution in [0.4, 0.5) is 0 Å². The number of hydrogen-bond donors (Lipinski definition) is 3. The third-order valence-electron chi connectivity index (χ3n) is 1.86. The third kappa shape index (κ3) is 11.9. The monoisotopic (exact) mass is 186 g/mol. The molecule has 0 aliphatic heterocycles. The molecule has 0 rings (SSSR count). The second kappa shape index (κ2) is 11.9. The van der Waals surface area contributed by atoms with Crippen LogP contribution in [-0.4, -0.2) is 32.7 Å². The van der Waals surface area contributed by atoms with Crippen LogP contribution in [0.3, 0.4) is 0 Å². The largest absolute Gasteiger partial charge is 0.330 e. The molecule has 4 N–H and O–H groups in total. The molecule has 1 radical (unpaired) electrons. The Morgan fingerprint density at radius 2 is 1.62 bits per heavy atom. The van der Waals surface area contributed by atoms with Crippen molar-refractivity contribution in [1.29, 1.82) is 0 Å². The van der Waals surface area contributed by atoms with E-state index in [1.165, 1.54) is 12.8 Å². The van der Waals surface area contributed by atoms with Gasteiger partial charge in [-0.15, -0.1) is 0 Å². The van der Waals surface area contributed by atoms with Crippen molar-refractivity contribution in [3.05, 3.63) is 6.42 Å². The van der Waals surface area contributed by atoms with Crippen LogP contribution in [0.15, 0.2) is 0 Å². The van der Waals surface area contributed by atoms with E-state index < -0.39 is 0 Å². The Hall–Kier alpha value is -0.120. The maximum Gasteiger partial charge on any atom is -0.00201 e. The van der Waals surface area contributed by atoms with Crippen molar-refractivity contribution in [1.82, 2.24) is 10.6 Å². The first-order valence-electron chi connectivity index (χ1n) is 5.31. The average Bonchev–Trinajstić information content (AvgIpc) is 2.16. The van der Waals surface area contributed by atoms with Crippen molar-refractivity contribution in [2.75, 3.05) is 32.7 Å². The normalized spacial score (nSPS) is 10.6. The van der Waals surface area contributed by atoms with E-state index >= 15 is 0 Å². The quantitative estimate of drug-likeness (QED) is 0.436. The summed E-state index contributed by atoms with van der Waals surface area (Å²) < 4.78 is 0. The second-order valence-corrected chi connectivity index (χ2v) is 3.21. The summed E-state index contributed by atoms with van der Waals surface area (Å²) in [5.41, 5.74) is 5.37. The topological polar surface area (TPSA) is 50.1 Å². The highest BCUT2D eigenvalue weighted by Crippen LogP contribution is 1.84. The van der Waals surface area contributed by atoms with E-state index in [1.807, 2.05) is 0 Å². The molecular weight excluding hydrogens is 162 g/mol. The fourth-order valence-corrected chi connectivity index (χ4v) is 1.10. The highest BCUT2D eigenvalue weighted by atomic mass is 14.9. The van der Waals surface area contributed by atoms with E-state index in [0.717, 1.165) is 39.1 Å². The van der Waals surface area contributed by atoms with Gasteiger partial charge in [-0.3, -0.25) is 0 Å². The van der Waals surface area contributed by atoms with Crippen molar-refractivity contribution in [2.45, 2.75) is 26.2 Å². The number of unbranched alkanes of at least 4 members (excludes halogenated alkanes) is 1. The van der Waals surface area contributed by atoms with Gasteiger partial charge in [-0.1, -0.05) is 6.92 Å². The van der Waals surface area contributed by atoms with E-state index in [0.29, 0.717) is 0 Å². The van der Waals surface area contributed by atoms with Gasteiger partial charge in [-0.25, -0.2) is 0 Å². The lowest BCUT2D eigenvalue weighted by Gasteiger charge is -2.04. The first kappa shape index (κ1) is 12.9. The summed E-state index contributed by atoms with van der Waals surface area (Å²) in [4.78, 5) is 0. The molecule has 3 heteroatoms. The van der Waals surface area contributed by atoms with Crippen LogP contribution in [0.25, 0.3) is 0 Å². The zero-order chi connectivity index (χ0) is 9.78. The molecule has 0 aromatic carbocycles. The third-order valence-corrected chi connectivity index (χ3v) is 1.86. The Balaban J connectivity index is 2.76. The lowest BCUT2D eigenvalue weighted by molar-refractivity contribution is 0.585. The number of nitrogens with two attached hydrogens (primary N) is 1. The Kier molecular flexibility index (Phi) is 11.8. The van der Waals surface area contributed by atoms with Gasteiger partial charge >= 0.3 is 0 Å². The first-order valence-corrected chi connectivity index (χ1v) is 5.31. The van der Waals surface area contributed by atoms with Gasteiger partial charge in [-0.05, 0) is 58.4 Å². The molecular formula is C10H24N3. The Bertz CT molecular complexity index is 76.2. The summed E-state index contributed by atoms with van der Waals surface area (Å²) in [5.74, 6) is 0. The summed E-state index contributed by atoms with van der Waals surface area (Å²) >= 11 is 0. The van der Waals surface area contributed by atoms with Crippen LogP contribution in [0, 0.1) is 6.42 Å². The Labute approximate surface area is 82.5 Å². The molecule has 0 aromatic rings. The van der Waals surface area contributed by atoms with Gasteiger partial charge in [-0.2, -0.15) is 0 Å². The van der Waals surface area contributed by atoms with E-state index in [4.69, 9.17) is 5.73 Å². The van der Waals surface area contributed by atoms with Crippen molar-refractivity contribution in [2.24, 2.45) is 5.73 Å². The van der Waals surface area contributed by atoms with Gasteiger partial charge in [0.15, 0.2) is 0 Å². The minimum Gasteiger partial charge on any atom is -0.330 e. The number of rotatable bonds is 10. The van der Waals surface area contributed by atoms with E-state index in [-0.39, 0.29) is 0 Å². The summed E-state index contributed by atoms with van der Waals surface area (Å²) in [6, 6.07) is 0. The van der Waals surface area contributed by atoms with Crippen LogP contribution >= 0.6 is 0 Å². The SMILES string of the molecule is C[CH]CNCCCCNCCCN. The lowest BCUT2D eigenvalue weighted by atomic mass is 10.3. The van der Waals surface area contributed by atoms with Gasteiger partial charge in [0.05, 0.1) is 0 Å². The van der Waals surface area contributed by atoms with Crippen LogP contribution in [0.2, 0.25) is 0 Å². The van der Waals surface area contributed by atoms with E-state index in [2.05, 4.69) is 24.0 Å². The predicted octanol–water partition coefficient (Wildman–Crippen LogP) is 0.519. The van der Waals surface area contributed by atoms with Gasteiger partial charge < -0.3 is 16.4 Å². The average molecular weight is 186 g/mol. The van der Waals surface area contributed by atoms with Gasteiger partial charge in [0.2, 0.25) is 0 Å². The van der Waals surface area contributed by atoms with Crippen LogP contribution in [0.5, 0.6) is 0 Å². The molecule has 79 valence electrons. The van der Waals surface area contributed by atoms with Crippen LogP contribution in [0.1, 0.15) is 26.2 Å². The van der Waals surface area contributed by atoms with Crippen molar-refractivity contribution < 1.29 is 0 Å². The molecule has 0 aromatic heterocycles. The molecule has 0 saturated heterocycles. The molecule has 3 nitrogen and oxygen atoms in total. The van der Waals surface area contributed by atoms with Crippen molar-refractivity contribution >= 4 is 0 Å². The summed E-state index contributed by atoms with van der Waals surface area (Å²) in [6.07, 6.45) is 5.73. The van der Waals surface area contributed by atoms with E-state index in [1.54, 1.807) is 0 Å². The fourth-order valence-electron chi connectivity index (χ4n) is 1.10. The highest BCUT2D eigenvalue weighted by Gasteiger charge is 1.88. The van der Waals surface area contributed by atoms with Gasteiger partial charge in [0.25, 0.3) is 0 Å². The molecule has 0 unspecified atom stereocenters. The molecule has 0 aliphatic rings. The summed E-state index contributed by atoms with van der Waals surface area (Å²) in [6.45, 7) is 7.20. The smallest absolute Gasteiger partial charge is 0.00201 e. The molecule has 0 amide bonds. The standard InChI is InChI=1S/C10H24N3/c1-2-7-12-8-3-4-9-13-10-5-6-11/h2,12-13H,3-11H2,1H3. The minimum absolute atomic E-state index is 0.793.